The van der Waals surface area contributed by atoms with E-state index in [4.69, 9.17) is 5.26 Å². The molecule has 2 aromatic carbocycles. The second-order valence-corrected chi connectivity index (χ2v) is 6.80. The van der Waals surface area contributed by atoms with Crippen LogP contribution < -0.4 is 4.90 Å². The van der Waals surface area contributed by atoms with Gasteiger partial charge in [0.25, 0.3) is 0 Å². The van der Waals surface area contributed by atoms with E-state index in [1.54, 1.807) is 31.3 Å². The van der Waals surface area contributed by atoms with Crippen molar-refractivity contribution in [3.63, 3.8) is 0 Å². The lowest BCUT2D eigenvalue weighted by Gasteiger charge is -2.21. The molecule has 1 saturated heterocycles. The van der Waals surface area contributed by atoms with Crippen molar-refractivity contribution >= 4 is 23.2 Å². The van der Waals surface area contributed by atoms with Crippen LogP contribution in [0.25, 0.3) is 0 Å². The molecule has 0 aliphatic carbocycles. The molecule has 0 saturated carbocycles. The molecule has 29 heavy (non-hydrogen) atoms. The molecule has 148 valence electrons. The first-order valence-corrected chi connectivity index (χ1v) is 8.78. The smallest absolute Gasteiger partial charge is 0.306 e. The van der Waals surface area contributed by atoms with E-state index >= 15 is 0 Å². The Labute approximate surface area is 165 Å². The largest absolute Gasteiger partial charge is 0.341 e. The van der Waals surface area contributed by atoms with Crippen LogP contribution in [0.15, 0.2) is 42.5 Å². The normalized spacial score (nSPS) is 15.8. The van der Waals surface area contributed by atoms with Crippen molar-refractivity contribution in [1.29, 1.82) is 5.26 Å². The van der Waals surface area contributed by atoms with Crippen molar-refractivity contribution < 1.29 is 18.9 Å². The summed E-state index contributed by atoms with van der Waals surface area (Å²) in [7, 11) is 1.62. The van der Waals surface area contributed by atoms with E-state index in [1.165, 1.54) is 15.9 Å². The molecule has 0 spiro atoms. The number of halogens is 1. The van der Waals surface area contributed by atoms with Crippen molar-refractivity contribution in [2.75, 3.05) is 18.5 Å². The fraction of sp³-hybridized carbons (Fsp3) is 0.250. The van der Waals surface area contributed by atoms with E-state index in [-0.39, 0.29) is 30.5 Å². The average Bonchev–Trinajstić information content (AvgIpc) is 3.09. The van der Waals surface area contributed by atoms with Gasteiger partial charge in [-0.2, -0.15) is 9.65 Å². The molecule has 2 aromatic rings. The van der Waals surface area contributed by atoms with Crippen LogP contribution in [0.4, 0.5) is 15.8 Å². The molecule has 8 nitrogen and oxygen atoms in total. The summed E-state index contributed by atoms with van der Waals surface area (Å²) in [6.45, 7) is 0.384. The molecular formula is C20H17FN4O4. The number of anilines is 1. The number of nitro groups is 1. The zero-order valence-electron chi connectivity index (χ0n) is 15.5. The lowest BCUT2D eigenvalue weighted by molar-refractivity contribution is -0.387. The van der Waals surface area contributed by atoms with Crippen molar-refractivity contribution in [3.8, 4) is 6.07 Å². The predicted molar refractivity (Wildman–Crippen MR) is 101 cm³/mol. The fourth-order valence-electron chi connectivity index (χ4n) is 3.28. The van der Waals surface area contributed by atoms with E-state index in [1.807, 2.05) is 6.07 Å². The number of hydrogen-bond donors (Lipinski definition) is 0. The molecule has 1 unspecified atom stereocenters. The minimum Gasteiger partial charge on any atom is -0.341 e. The maximum Gasteiger partial charge on any atom is 0.306 e. The molecule has 0 aromatic heterocycles. The molecular weight excluding hydrogens is 379 g/mol. The number of benzene rings is 2. The SMILES string of the molecule is CN(Cc1ccc(C#N)cc1)C(=O)C1CC(=O)N(c2ccc(F)c([N+](=O)[O-])c2)C1. The molecule has 1 atom stereocenters. The summed E-state index contributed by atoms with van der Waals surface area (Å²) in [5.74, 6) is -2.17. The van der Waals surface area contributed by atoms with Crippen LogP contribution >= 0.6 is 0 Å². The Hall–Kier alpha value is -3.80. The summed E-state index contributed by atoms with van der Waals surface area (Å²) < 4.78 is 13.5. The predicted octanol–water partition coefficient (Wildman–Crippen LogP) is 2.62. The van der Waals surface area contributed by atoms with Gasteiger partial charge in [-0.05, 0) is 29.8 Å². The summed E-state index contributed by atoms with van der Waals surface area (Å²) >= 11 is 0. The summed E-state index contributed by atoms with van der Waals surface area (Å²) in [5, 5.41) is 19.8. The van der Waals surface area contributed by atoms with Gasteiger partial charge in [-0.15, -0.1) is 0 Å². The zero-order valence-corrected chi connectivity index (χ0v) is 15.5. The van der Waals surface area contributed by atoms with Gasteiger partial charge in [0, 0.05) is 32.6 Å². The molecule has 9 heteroatoms. The highest BCUT2D eigenvalue weighted by Gasteiger charge is 2.37. The Morgan fingerprint density at radius 3 is 2.66 bits per heavy atom. The minimum atomic E-state index is -0.986. The van der Waals surface area contributed by atoms with Gasteiger partial charge in [-0.1, -0.05) is 12.1 Å². The van der Waals surface area contributed by atoms with E-state index in [2.05, 4.69) is 0 Å². The van der Waals surface area contributed by atoms with E-state index in [9.17, 15) is 24.1 Å². The summed E-state index contributed by atoms with van der Waals surface area (Å²) in [6.07, 6.45) is -0.0261. The number of carbonyl (C=O) groups is 2. The number of nitriles is 1. The molecule has 3 rings (SSSR count). The Bertz CT molecular complexity index is 1020. The molecule has 0 N–H and O–H groups in total. The number of nitro benzene ring substituents is 1. The lowest BCUT2D eigenvalue weighted by Crippen LogP contribution is -2.34. The standard InChI is InChI=1S/C20H17FN4O4/c1-23(11-14-4-2-13(10-22)3-5-14)20(27)15-8-19(26)24(12-15)16-6-7-17(21)18(9-16)25(28)29/h2-7,9,15H,8,11-12H2,1H3. The molecule has 0 radical (unpaired) electrons. The number of rotatable bonds is 5. The zero-order chi connectivity index (χ0) is 21.1. The van der Waals surface area contributed by atoms with Crippen LogP contribution in [0, 0.1) is 33.2 Å². The highest BCUT2D eigenvalue weighted by Crippen LogP contribution is 2.30. The van der Waals surface area contributed by atoms with Crippen LogP contribution in [0.3, 0.4) is 0 Å². The molecule has 1 aliphatic rings. The van der Waals surface area contributed by atoms with Gasteiger partial charge in [-0.25, -0.2) is 0 Å². The van der Waals surface area contributed by atoms with Crippen molar-refractivity contribution in [2.24, 2.45) is 5.92 Å². The van der Waals surface area contributed by atoms with E-state index in [0.29, 0.717) is 12.1 Å². The Morgan fingerprint density at radius 2 is 2.03 bits per heavy atom. The third-order valence-corrected chi connectivity index (χ3v) is 4.79. The Kier molecular flexibility index (Phi) is 5.54. The third-order valence-electron chi connectivity index (χ3n) is 4.79. The van der Waals surface area contributed by atoms with Crippen LogP contribution in [0.1, 0.15) is 17.5 Å². The quantitative estimate of drug-likeness (QED) is 0.570. The Balaban J connectivity index is 1.70. The third kappa shape index (κ3) is 4.21. The van der Waals surface area contributed by atoms with Gasteiger partial charge < -0.3 is 9.80 Å². The van der Waals surface area contributed by atoms with Crippen molar-refractivity contribution in [3.05, 3.63) is 69.5 Å². The Morgan fingerprint density at radius 1 is 1.34 bits per heavy atom. The molecule has 1 fully saturated rings. The maximum atomic E-state index is 13.5. The summed E-state index contributed by atoms with van der Waals surface area (Å²) in [4.78, 5) is 38.0. The number of carbonyl (C=O) groups excluding carboxylic acids is 2. The van der Waals surface area contributed by atoms with E-state index < -0.39 is 22.3 Å². The van der Waals surface area contributed by atoms with Gasteiger partial charge in [0.1, 0.15) is 0 Å². The molecule has 1 heterocycles. The topological polar surface area (TPSA) is 108 Å². The fourth-order valence-corrected chi connectivity index (χ4v) is 3.28. The van der Waals surface area contributed by atoms with Gasteiger partial charge in [0.15, 0.2) is 0 Å². The van der Waals surface area contributed by atoms with Crippen LogP contribution in [0.2, 0.25) is 0 Å². The molecule has 0 bridgehead atoms. The van der Waals surface area contributed by atoms with Gasteiger partial charge in [-0.3, -0.25) is 19.7 Å². The maximum absolute atomic E-state index is 13.5. The highest BCUT2D eigenvalue weighted by molar-refractivity contribution is 6.00. The highest BCUT2D eigenvalue weighted by atomic mass is 19.1. The van der Waals surface area contributed by atoms with Crippen molar-refractivity contribution in [2.45, 2.75) is 13.0 Å². The summed E-state index contributed by atoms with van der Waals surface area (Å²) in [6, 6.07) is 12.1. The number of nitrogens with zero attached hydrogens (tertiary/aromatic N) is 4. The van der Waals surface area contributed by atoms with Gasteiger partial charge in [0.2, 0.25) is 17.6 Å². The van der Waals surface area contributed by atoms with Crippen LogP contribution in [0.5, 0.6) is 0 Å². The first-order chi connectivity index (χ1) is 13.8. The van der Waals surface area contributed by atoms with Gasteiger partial charge in [0.05, 0.1) is 28.2 Å². The molecule has 1 aliphatic heterocycles. The first kappa shape index (κ1) is 19.9. The first-order valence-electron chi connectivity index (χ1n) is 8.78. The summed E-state index contributed by atoms with van der Waals surface area (Å²) in [5.41, 5.74) is 0.833. The lowest BCUT2D eigenvalue weighted by atomic mass is 10.1. The van der Waals surface area contributed by atoms with Crippen LogP contribution in [-0.2, 0) is 16.1 Å². The second-order valence-electron chi connectivity index (χ2n) is 6.80. The number of amides is 2. The monoisotopic (exact) mass is 396 g/mol. The average molecular weight is 396 g/mol. The number of hydrogen-bond acceptors (Lipinski definition) is 5. The van der Waals surface area contributed by atoms with Crippen molar-refractivity contribution in [1.82, 2.24) is 4.90 Å². The minimum absolute atomic E-state index is 0.0261. The van der Waals surface area contributed by atoms with Gasteiger partial charge >= 0.3 is 5.69 Å². The van der Waals surface area contributed by atoms with E-state index in [0.717, 1.165) is 17.7 Å². The second kappa shape index (κ2) is 8.06. The molecule has 2 amide bonds. The van der Waals surface area contributed by atoms with Crippen LogP contribution in [-0.4, -0.2) is 35.2 Å².